The van der Waals surface area contributed by atoms with Crippen LogP contribution in [0.5, 0.6) is 0 Å². The molecule has 1 fully saturated rings. The fourth-order valence-corrected chi connectivity index (χ4v) is 4.13. The summed E-state index contributed by atoms with van der Waals surface area (Å²) in [5.41, 5.74) is 4.87. The molecule has 2 heterocycles. The Morgan fingerprint density at radius 2 is 2.07 bits per heavy atom. The molecule has 0 spiro atoms. The van der Waals surface area contributed by atoms with Crippen LogP contribution < -0.4 is 5.32 Å². The number of rotatable bonds is 5. The zero-order chi connectivity index (χ0) is 19.6. The molecule has 2 amide bonds. The maximum absolute atomic E-state index is 12.6. The Morgan fingerprint density at radius 1 is 1.37 bits per heavy atom. The molecule has 3 atom stereocenters. The van der Waals surface area contributed by atoms with Gasteiger partial charge in [0.05, 0.1) is 34.8 Å². The summed E-state index contributed by atoms with van der Waals surface area (Å²) >= 11 is 1.60. The average molecular weight is 389 g/mol. The average Bonchev–Trinajstić information content (AvgIpc) is 3.28. The Morgan fingerprint density at radius 3 is 2.63 bits per heavy atom. The second-order valence-corrected chi connectivity index (χ2v) is 7.52. The van der Waals surface area contributed by atoms with E-state index < -0.39 is 12.1 Å². The molecule has 144 valence electrons. The third-order valence-corrected chi connectivity index (χ3v) is 5.90. The van der Waals surface area contributed by atoms with Crippen molar-refractivity contribution >= 4 is 23.3 Å². The molecule has 1 aromatic carbocycles. The highest BCUT2D eigenvalue weighted by atomic mass is 32.1. The molecule has 1 aromatic heterocycles. The number of amides is 2. The largest absolute Gasteiger partial charge is 0.465 e. The van der Waals surface area contributed by atoms with Crippen molar-refractivity contribution in [1.82, 2.24) is 15.2 Å². The van der Waals surface area contributed by atoms with Gasteiger partial charge < -0.3 is 15.2 Å². The maximum atomic E-state index is 12.6. The first-order chi connectivity index (χ1) is 12.9. The maximum Gasteiger partial charge on any atom is 0.408 e. The Balaban J connectivity index is 1.67. The number of carboxylic acid groups (broad SMARTS) is 1. The van der Waals surface area contributed by atoms with Crippen molar-refractivity contribution in [3.05, 3.63) is 41.0 Å². The fourth-order valence-electron chi connectivity index (χ4n) is 3.32. The quantitative estimate of drug-likeness (QED) is 0.820. The lowest BCUT2D eigenvalue weighted by atomic mass is 10.0. The summed E-state index contributed by atoms with van der Waals surface area (Å²) < 4.78 is 5.23. The molecule has 1 saturated heterocycles. The summed E-state index contributed by atoms with van der Waals surface area (Å²) in [7, 11) is 1.53. The molecular weight excluding hydrogens is 366 g/mol. The third kappa shape index (κ3) is 4.12. The van der Waals surface area contributed by atoms with E-state index in [0.29, 0.717) is 6.42 Å². The van der Waals surface area contributed by atoms with Crippen molar-refractivity contribution in [2.45, 2.75) is 38.5 Å². The van der Waals surface area contributed by atoms with Crippen LogP contribution >= 0.6 is 11.3 Å². The molecular formula is C19H23N3O4S. The standard InChI is InChI=1S/C19H23N3O4S/c1-11(13-4-6-14(7-5-13)17-12(2)20-10-27-17)21-18(23)16-8-15(26-3)9-22(16)19(24)25/h4-7,10-11,15-16H,8-9H2,1-3H3,(H,21,23)(H,24,25)/t11?,15-,16+/m1/s1. The Kier molecular flexibility index (Phi) is 5.76. The first-order valence-electron chi connectivity index (χ1n) is 8.73. The molecule has 1 aliphatic heterocycles. The lowest BCUT2D eigenvalue weighted by Gasteiger charge is -2.23. The number of aryl methyl sites for hydroxylation is 1. The van der Waals surface area contributed by atoms with Crippen LogP contribution in [0.25, 0.3) is 10.4 Å². The van der Waals surface area contributed by atoms with Crippen LogP contribution in [-0.4, -0.2) is 52.8 Å². The minimum Gasteiger partial charge on any atom is -0.465 e. The summed E-state index contributed by atoms with van der Waals surface area (Å²) in [6.45, 7) is 4.07. The number of hydrogen-bond acceptors (Lipinski definition) is 5. The molecule has 2 N–H and O–H groups in total. The monoisotopic (exact) mass is 389 g/mol. The lowest BCUT2D eigenvalue weighted by Crippen LogP contribution is -2.46. The highest BCUT2D eigenvalue weighted by Crippen LogP contribution is 2.28. The number of ether oxygens (including phenoxy) is 1. The molecule has 0 aliphatic carbocycles. The van der Waals surface area contributed by atoms with Gasteiger partial charge in [0.25, 0.3) is 0 Å². The molecule has 27 heavy (non-hydrogen) atoms. The SMILES string of the molecule is CO[C@@H]1C[C@@H](C(=O)NC(C)c2ccc(-c3scnc3C)cc2)N(C(=O)O)C1. The number of nitrogens with zero attached hydrogens (tertiary/aromatic N) is 2. The molecule has 3 rings (SSSR count). The Labute approximate surface area is 162 Å². The van der Waals surface area contributed by atoms with E-state index >= 15 is 0 Å². The number of carbonyl (C=O) groups is 2. The van der Waals surface area contributed by atoms with Gasteiger partial charge in [-0.2, -0.15) is 0 Å². The zero-order valence-electron chi connectivity index (χ0n) is 15.5. The van der Waals surface area contributed by atoms with Gasteiger partial charge in [0, 0.05) is 13.5 Å². The fraction of sp³-hybridized carbons (Fsp3) is 0.421. The van der Waals surface area contributed by atoms with E-state index in [4.69, 9.17) is 4.74 Å². The first-order valence-corrected chi connectivity index (χ1v) is 9.61. The topological polar surface area (TPSA) is 91.8 Å². The van der Waals surface area contributed by atoms with Crippen molar-refractivity contribution < 1.29 is 19.4 Å². The predicted molar refractivity (Wildman–Crippen MR) is 103 cm³/mol. The van der Waals surface area contributed by atoms with E-state index in [1.165, 1.54) is 7.11 Å². The van der Waals surface area contributed by atoms with Gasteiger partial charge in [0.2, 0.25) is 5.91 Å². The van der Waals surface area contributed by atoms with Crippen molar-refractivity contribution in [1.29, 1.82) is 0 Å². The van der Waals surface area contributed by atoms with E-state index in [9.17, 15) is 14.7 Å². The highest BCUT2D eigenvalue weighted by molar-refractivity contribution is 7.13. The lowest BCUT2D eigenvalue weighted by molar-refractivity contribution is -0.125. The van der Waals surface area contributed by atoms with Gasteiger partial charge in [-0.05, 0) is 25.0 Å². The van der Waals surface area contributed by atoms with E-state index in [-0.39, 0.29) is 24.6 Å². The summed E-state index contributed by atoms with van der Waals surface area (Å²) in [6.07, 6.45) is -0.994. The molecule has 2 aromatic rings. The summed E-state index contributed by atoms with van der Waals surface area (Å²) in [6, 6.07) is 7.01. The third-order valence-electron chi connectivity index (χ3n) is 4.92. The summed E-state index contributed by atoms with van der Waals surface area (Å²) in [5, 5.41) is 12.3. The zero-order valence-corrected chi connectivity index (χ0v) is 16.3. The molecule has 1 unspecified atom stereocenters. The van der Waals surface area contributed by atoms with Crippen LogP contribution in [0, 0.1) is 6.92 Å². The number of nitrogens with one attached hydrogen (secondary N) is 1. The number of benzene rings is 1. The molecule has 8 heteroatoms. The van der Waals surface area contributed by atoms with Crippen molar-refractivity contribution in [3.63, 3.8) is 0 Å². The van der Waals surface area contributed by atoms with Gasteiger partial charge in [0.1, 0.15) is 6.04 Å². The van der Waals surface area contributed by atoms with Gasteiger partial charge in [-0.25, -0.2) is 9.78 Å². The molecule has 7 nitrogen and oxygen atoms in total. The number of thiazole rings is 1. The predicted octanol–water partition coefficient (Wildman–Crippen LogP) is 3.06. The normalized spacial score (nSPS) is 20.5. The minimum absolute atomic E-state index is 0.210. The van der Waals surface area contributed by atoms with E-state index in [1.54, 1.807) is 11.3 Å². The van der Waals surface area contributed by atoms with Crippen LogP contribution in [-0.2, 0) is 9.53 Å². The highest BCUT2D eigenvalue weighted by Gasteiger charge is 2.40. The first kappa shape index (κ1) is 19.3. The van der Waals surface area contributed by atoms with Crippen LogP contribution in [0.4, 0.5) is 4.79 Å². The van der Waals surface area contributed by atoms with E-state index in [2.05, 4.69) is 10.3 Å². The van der Waals surface area contributed by atoms with Crippen molar-refractivity contribution in [2.24, 2.45) is 0 Å². The number of methoxy groups -OCH3 is 1. The van der Waals surface area contributed by atoms with E-state index in [1.807, 2.05) is 43.6 Å². The van der Waals surface area contributed by atoms with E-state index in [0.717, 1.165) is 26.6 Å². The van der Waals surface area contributed by atoms with Crippen LogP contribution in [0.3, 0.4) is 0 Å². The molecule has 0 saturated carbocycles. The van der Waals surface area contributed by atoms with Crippen molar-refractivity contribution in [3.8, 4) is 10.4 Å². The molecule has 0 bridgehead atoms. The Hall–Kier alpha value is -2.45. The van der Waals surface area contributed by atoms with Gasteiger partial charge in [-0.15, -0.1) is 11.3 Å². The van der Waals surface area contributed by atoms with Gasteiger partial charge in [-0.1, -0.05) is 24.3 Å². The number of hydrogen-bond donors (Lipinski definition) is 2. The second kappa shape index (κ2) is 8.06. The summed E-state index contributed by atoms with van der Waals surface area (Å²) in [4.78, 5) is 30.6. The second-order valence-electron chi connectivity index (χ2n) is 6.66. The smallest absolute Gasteiger partial charge is 0.408 e. The van der Waals surface area contributed by atoms with Crippen LogP contribution in [0.15, 0.2) is 29.8 Å². The van der Waals surface area contributed by atoms with Crippen LogP contribution in [0.2, 0.25) is 0 Å². The minimum atomic E-state index is -1.10. The van der Waals surface area contributed by atoms with Crippen LogP contribution in [0.1, 0.15) is 30.6 Å². The van der Waals surface area contributed by atoms with Gasteiger partial charge in [-0.3, -0.25) is 9.69 Å². The molecule has 0 radical (unpaired) electrons. The molecule has 1 aliphatic rings. The van der Waals surface area contributed by atoms with Gasteiger partial charge >= 0.3 is 6.09 Å². The number of carbonyl (C=O) groups excluding carboxylic acids is 1. The Bertz CT molecular complexity index is 821. The van der Waals surface area contributed by atoms with Gasteiger partial charge in [0.15, 0.2) is 0 Å². The van der Waals surface area contributed by atoms with Crippen molar-refractivity contribution in [2.75, 3.05) is 13.7 Å². The number of aromatic nitrogens is 1. The number of likely N-dealkylation sites (tertiary alicyclic amines) is 1. The summed E-state index contributed by atoms with van der Waals surface area (Å²) in [5.74, 6) is -0.299.